The molecule has 2 heterocycles. The number of aromatic nitrogens is 1. The predicted octanol–water partition coefficient (Wildman–Crippen LogP) is 1.21. The van der Waals surface area contributed by atoms with Crippen LogP contribution in [0.3, 0.4) is 0 Å². The predicted molar refractivity (Wildman–Crippen MR) is 54.9 cm³/mol. The topological polar surface area (TPSA) is 36.4 Å². The molecule has 1 N–H and O–H groups in total. The lowest BCUT2D eigenvalue weighted by molar-refractivity contribution is 0.144. The first-order valence-corrected chi connectivity index (χ1v) is 5.17. The van der Waals surface area contributed by atoms with Gasteiger partial charge in [0.05, 0.1) is 18.3 Å². The molecule has 76 valence electrons. The Morgan fingerprint density at radius 3 is 2.71 bits per heavy atom. The summed E-state index contributed by atoms with van der Waals surface area (Å²) in [7, 11) is 0. The first kappa shape index (κ1) is 9.62. The highest BCUT2D eigenvalue weighted by molar-refractivity contribution is 5.09. The van der Waals surface area contributed by atoms with E-state index >= 15 is 0 Å². The van der Waals surface area contributed by atoms with Gasteiger partial charge in [-0.3, -0.25) is 9.88 Å². The Morgan fingerprint density at radius 1 is 1.36 bits per heavy atom. The van der Waals surface area contributed by atoms with Crippen LogP contribution in [0.2, 0.25) is 0 Å². The maximum Gasteiger partial charge on any atom is 0.0754 e. The van der Waals surface area contributed by atoms with Crippen molar-refractivity contribution in [2.75, 3.05) is 19.7 Å². The Balaban J connectivity index is 2.12. The maximum atomic E-state index is 9.36. The number of aliphatic hydroxyl groups is 1. The summed E-state index contributed by atoms with van der Waals surface area (Å²) < 4.78 is 0. The first-order valence-electron chi connectivity index (χ1n) is 5.17. The smallest absolute Gasteiger partial charge is 0.0754 e. The molecule has 0 saturated carbocycles. The molecular formula is C11H16N2O. The first-order chi connectivity index (χ1) is 6.92. The standard InChI is InChI=1S/C11H16N2O/c14-9-11(13-7-3-4-8-13)10-5-1-2-6-12-10/h1-2,5-6,11,14H,3-4,7-9H2. The quantitative estimate of drug-likeness (QED) is 0.782. The Kier molecular flexibility index (Phi) is 3.11. The molecule has 1 atom stereocenters. The van der Waals surface area contributed by atoms with Gasteiger partial charge in [-0.1, -0.05) is 6.07 Å². The molecule has 14 heavy (non-hydrogen) atoms. The SMILES string of the molecule is OCC(c1ccccn1)N1CCCC1. The van der Waals surface area contributed by atoms with Gasteiger partial charge in [-0.05, 0) is 38.1 Å². The van der Waals surface area contributed by atoms with Crippen molar-refractivity contribution >= 4 is 0 Å². The van der Waals surface area contributed by atoms with Crippen LogP contribution in [0.25, 0.3) is 0 Å². The average molecular weight is 192 g/mol. The van der Waals surface area contributed by atoms with Crippen molar-refractivity contribution in [1.82, 2.24) is 9.88 Å². The van der Waals surface area contributed by atoms with Gasteiger partial charge in [0.15, 0.2) is 0 Å². The molecule has 1 unspecified atom stereocenters. The Hall–Kier alpha value is -0.930. The second kappa shape index (κ2) is 4.53. The van der Waals surface area contributed by atoms with E-state index in [0.29, 0.717) is 0 Å². The van der Waals surface area contributed by atoms with Crippen molar-refractivity contribution in [3.8, 4) is 0 Å². The number of rotatable bonds is 3. The molecular weight excluding hydrogens is 176 g/mol. The monoisotopic (exact) mass is 192 g/mol. The summed E-state index contributed by atoms with van der Waals surface area (Å²) in [5.74, 6) is 0. The van der Waals surface area contributed by atoms with Crippen molar-refractivity contribution in [1.29, 1.82) is 0 Å². The number of pyridine rings is 1. The summed E-state index contributed by atoms with van der Waals surface area (Å²) in [4.78, 5) is 6.60. The third kappa shape index (κ3) is 1.94. The molecule has 1 aliphatic rings. The van der Waals surface area contributed by atoms with Crippen LogP contribution >= 0.6 is 0 Å². The van der Waals surface area contributed by atoms with Crippen LogP contribution in [-0.2, 0) is 0 Å². The van der Waals surface area contributed by atoms with Crippen molar-refractivity contribution < 1.29 is 5.11 Å². The van der Waals surface area contributed by atoms with Gasteiger partial charge in [-0.2, -0.15) is 0 Å². The minimum atomic E-state index is 0.0960. The molecule has 3 nitrogen and oxygen atoms in total. The van der Waals surface area contributed by atoms with Crippen molar-refractivity contribution in [3.63, 3.8) is 0 Å². The zero-order chi connectivity index (χ0) is 9.80. The number of aliphatic hydroxyl groups excluding tert-OH is 1. The lowest BCUT2D eigenvalue weighted by Crippen LogP contribution is -2.28. The average Bonchev–Trinajstić information content (AvgIpc) is 2.74. The van der Waals surface area contributed by atoms with E-state index in [9.17, 15) is 5.11 Å². The van der Waals surface area contributed by atoms with E-state index in [1.54, 1.807) is 6.20 Å². The van der Waals surface area contributed by atoms with Crippen LogP contribution < -0.4 is 0 Å². The van der Waals surface area contributed by atoms with Gasteiger partial charge in [0, 0.05) is 6.20 Å². The van der Waals surface area contributed by atoms with E-state index in [2.05, 4.69) is 9.88 Å². The van der Waals surface area contributed by atoms with E-state index in [1.807, 2.05) is 18.2 Å². The van der Waals surface area contributed by atoms with E-state index in [4.69, 9.17) is 0 Å². The molecule has 0 bridgehead atoms. The van der Waals surface area contributed by atoms with Crippen LogP contribution in [0, 0.1) is 0 Å². The van der Waals surface area contributed by atoms with Gasteiger partial charge >= 0.3 is 0 Å². The van der Waals surface area contributed by atoms with Gasteiger partial charge < -0.3 is 5.11 Å². The fraction of sp³-hybridized carbons (Fsp3) is 0.545. The number of hydrogen-bond acceptors (Lipinski definition) is 3. The van der Waals surface area contributed by atoms with Gasteiger partial charge in [0.2, 0.25) is 0 Å². The second-order valence-corrected chi connectivity index (χ2v) is 3.70. The van der Waals surface area contributed by atoms with Gasteiger partial charge in [0.1, 0.15) is 0 Å². The van der Waals surface area contributed by atoms with Crippen LogP contribution in [0.4, 0.5) is 0 Å². The number of nitrogens with zero attached hydrogens (tertiary/aromatic N) is 2. The highest BCUT2D eigenvalue weighted by atomic mass is 16.3. The van der Waals surface area contributed by atoms with Crippen LogP contribution in [0.15, 0.2) is 24.4 Å². The zero-order valence-electron chi connectivity index (χ0n) is 8.26. The fourth-order valence-electron chi connectivity index (χ4n) is 2.02. The van der Waals surface area contributed by atoms with E-state index < -0.39 is 0 Å². The number of hydrogen-bond donors (Lipinski definition) is 1. The lowest BCUT2D eigenvalue weighted by Gasteiger charge is -2.24. The molecule has 0 amide bonds. The normalized spacial score (nSPS) is 19.8. The van der Waals surface area contributed by atoms with Gasteiger partial charge in [0.25, 0.3) is 0 Å². The van der Waals surface area contributed by atoms with Crippen molar-refractivity contribution in [3.05, 3.63) is 30.1 Å². The molecule has 0 aromatic carbocycles. The summed E-state index contributed by atoms with van der Waals surface area (Å²) in [6, 6.07) is 5.96. The Labute approximate surface area is 84.4 Å². The lowest BCUT2D eigenvalue weighted by atomic mass is 10.2. The highest BCUT2D eigenvalue weighted by Gasteiger charge is 2.23. The minimum Gasteiger partial charge on any atom is -0.394 e. The summed E-state index contributed by atoms with van der Waals surface area (Å²) in [6.07, 6.45) is 4.26. The van der Waals surface area contributed by atoms with Crippen LogP contribution in [-0.4, -0.2) is 34.7 Å². The largest absolute Gasteiger partial charge is 0.394 e. The molecule has 1 aromatic heterocycles. The summed E-state index contributed by atoms with van der Waals surface area (Å²) in [5, 5.41) is 9.36. The molecule has 0 aliphatic carbocycles. The molecule has 1 saturated heterocycles. The van der Waals surface area contributed by atoms with Crippen LogP contribution in [0.5, 0.6) is 0 Å². The molecule has 0 spiro atoms. The Bertz CT molecular complexity index is 270. The third-order valence-corrected chi connectivity index (χ3v) is 2.78. The fourth-order valence-corrected chi connectivity index (χ4v) is 2.02. The Morgan fingerprint density at radius 2 is 2.14 bits per heavy atom. The van der Waals surface area contributed by atoms with Crippen molar-refractivity contribution in [2.45, 2.75) is 18.9 Å². The van der Waals surface area contributed by atoms with E-state index in [0.717, 1.165) is 18.8 Å². The third-order valence-electron chi connectivity index (χ3n) is 2.78. The molecule has 2 rings (SSSR count). The van der Waals surface area contributed by atoms with Gasteiger partial charge in [-0.15, -0.1) is 0 Å². The zero-order valence-corrected chi connectivity index (χ0v) is 8.26. The van der Waals surface area contributed by atoms with Crippen LogP contribution in [0.1, 0.15) is 24.6 Å². The summed E-state index contributed by atoms with van der Waals surface area (Å²) >= 11 is 0. The van der Waals surface area contributed by atoms with E-state index in [-0.39, 0.29) is 12.6 Å². The second-order valence-electron chi connectivity index (χ2n) is 3.70. The summed E-state index contributed by atoms with van der Waals surface area (Å²) in [6.45, 7) is 2.33. The molecule has 3 heteroatoms. The molecule has 1 fully saturated rings. The van der Waals surface area contributed by atoms with E-state index in [1.165, 1.54) is 12.8 Å². The minimum absolute atomic E-state index is 0.0960. The number of likely N-dealkylation sites (tertiary alicyclic amines) is 1. The maximum absolute atomic E-state index is 9.36. The molecule has 1 aromatic rings. The molecule has 1 aliphatic heterocycles. The summed E-state index contributed by atoms with van der Waals surface area (Å²) in [5.41, 5.74) is 0.983. The molecule has 0 radical (unpaired) electrons. The van der Waals surface area contributed by atoms with Gasteiger partial charge in [-0.25, -0.2) is 0 Å². The highest BCUT2D eigenvalue weighted by Crippen LogP contribution is 2.22. The van der Waals surface area contributed by atoms with Crippen molar-refractivity contribution in [2.24, 2.45) is 0 Å².